The Morgan fingerprint density at radius 3 is 2.76 bits per heavy atom. The van der Waals surface area contributed by atoms with Crippen LogP contribution in [0.25, 0.3) is 0 Å². The molecule has 2 aromatic heterocycles. The highest BCUT2D eigenvalue weighted by atomic mass is 35.5. The molecule has 1 aliphatic heterocycles. The number of fused-ring (bicyclic) bond motifs is 1. The van der Waals surface area contributed by atoms with E-state index in [1.54, 1.807) is 12.3 Å². The van der Waals surface area contributed by atoms with Gasteiger partial charge in [-0.25, -0.2) is 0 Å². The van der Waals surface area contributed by atoms with Crippen molar-refractivity contribution in [3.63, 3.8) is 0 Å². The minimum Gasteiger partial charge on any atom is -0.362 e. The van der Waals surface area contributed by atoms with E-state index in [0.717, 1.165) is 15.9 Å². The van der Waals surface area contributed by atoms with E-state index in [9.17, 15) is 13.2 Å². The minimum absolute atomic E-state index is 0.190. The molecule has 3 rings (SSSR count). The summed E-state index contributed by atoms with van der Waals surface area (Å²) in [7, 11) is 0. The molecule has 112 valence electrons. The van der Waals surface area contributed by atoms with Crippen molar-refractivity contribution in [2.75, 3.05) is 11.4 Å². The monoisotopic (exact) mass is 317 g/mol. The fourth-order valence-corrected chi connectivity index (χ4v) is 2.47. The number of halogens is 4. The van der Waals surface area contributed by atoms with E-state index in [1.165, 1.54) is 0 Å². The normalized spacial score (nSPS) is 15.1. The number of pyridine rings is 1. The molecular formula is C12H11ClF3N5. The molecule has 0 fully saturated rings. The third-order valence-electron chi connectivity index (χ3n) is 3.31. The van der Waals surface area contributed by atoms with Crippen LogP contribution < -0.4 is 4.90 Å². The topological polar surface area (TPSA) is 46.8 Å². The molecule has 0 radical (unpaired) electrons. The van der Waals surface area contributed by atoms with E-state index in [4.69, 9.17) is 11.6 Å². The summed E-state index contributed by atoms with van der Waals surface area (Å²) in [6, 6.07) is 3.62. The first-order valence-electron chi connectivity index (χ1n) is 6.24. The zero-order valence-corrected chi connectivity index (χ0v) is 11.6. The summed E-state index contributed by atoms with van der Waals surface area (Å²) in [5.41, 5.74) is 1.58. The van der Waals surface area contributed by atoms with Crippen LogP contribution in [0.4, 0.5) is 18.9 Å². The Kier molecular flexibility index (Phi) is 3.48. The lowest BCUT2D eigenvalue weighted by Crippen LogP contribution is -2.35. The summed E-state index contributed by atoms with van der Waals surface area (Å²) < 4.78 is 39.4. The number of aromatic nitrogens is 4. The van der Waals surface area contributed by atoms with E-state index >= 15 is 0 Å². The molecule has 9 heteroatoms. The standard InChI is InChI=1S/C12H11ClF3N5/c13-6-8-5-9(1-2-17-8)20-3-4-21-10(7-20)18-19-11(21)12(14,15)16/h1-2,5H,3-4,6-7H2. The molecule has 0 amide bonds. The van der Waals surface area contributed by atoms with E-state index < -0.39 is 12.0 Å². The lowest BCUT2D eigenvalue weighted by atomic mass is 10.2. The van der Waals surface area contributed by atoms with Gasteiger partial charge in [-0.1, -0.05) is 0 Å². The number of alkyl halides is 4. The van der Waals surface area contributed by atoms with Crippen LogP contribution in [0.15, 0.2) is 18.3 Å². The summed E-state index contributed by atoms with van der Waals surface area (Å²) in [4.78, 5) is 6.03. The summed E-state index contributed by atoms with van der Waals surface area (Å²) in [5.74, 6) is -0.345. The summed E-state index contributed by atoms with van der Waals surface area (Å²) in [6.07, 6.45) is -2.84. The van der Waals surface area contributed by atoms with Crippen molar-refractivity contribution in [1.82, 2.24) is 19.7 Å². The van der Waals surface area contributed by atoms with Crippen molar-refractivity contribution in [2.45, 2.75) is 25.1 Å². The molecule has 0 unspecified atom stereocenters. The average Bonchev–Trinajstić information content (AvgIpc) is 2.90. The van der Waals surface area contributed by atoms with Crippen molar-refractivity contribution >= 4 is 17.3 Å². The first-order valence-corrected chi connectivity index (χ1v) is 6.77. The molecule has 0 bridgehead atoms. The highest BCUT2D eigenvalue weighted by molar-refractivity contribution is 6.16. The zero-order chi connectivity index (χ0) is 15.0. The van der Waals surface area contributed by atoms with Crippen LogP contribution >= 0.6 is 11.6 Å². The van der Waals surface area contributed by atoms with Crippen LogP contribution in [0.5, 0.6) is 0 Å². The third-order valence-corrected chi connectivity index (χ3v) is 3.58. The largest absolute Gasteiger partial charge is 0.451 e. The molecule has 0 aliphatic carbocycles. The second-order valence-corrected chi connectivity index (χ2v) is 4.92. The maximum Gasteiger partial charge on any atom is 0.451 e. The Balaban J connectivity index is 1.86. The number of hydrogen-bond acceptors (Lipinski definition) is 4. The molecule has 0 spiro atoms. The molecule has 2 aromatic rings. The van der Waals surface area contributed by atoms with Crippen LogP contribution in [0.1, 0.15) is 17.3 Å². The Labute approximate surface area is 123 Å². The first-order chi connectivity index (χ1) is 9.99. The fourth-order valence-electron chi connectivity index (χ4n) is 2.32. The SMILES string of the molecule is FC(F)(F)c1nnc2n1CCN(c1ccnc(CCl)c1)C2. The third kappa shape index (κ3) is 2.67. The minimum atomic E-state index is -4.48. The van der Waals surface area contributed by atoms with Crippen molar-refractivity contribution in [2.24, 2.45) is 0 Å². The molecule has 3 heterocycles. The van der Waals surface area contributed by atoms with Gasteiger partial charge in [0.25, 0.3) is 0 Å². The molecule has 5 nitrogen and oxygen atoms in total. The van der Waals surface area contributed by atoms with E-state index in [0.29, 0.717) is 12.4 Å². The van der Waals surface area contributed by atoms with Crippen molar-refractivity contribution in [1.29, 1.82) is 0 Å². The predicted octanol–water partition coefficient (Wildman–Crippen LogP) is 2.45. The Morgan fingerprint density at radius 1 is 1.24 bits per heavy atom. The van der Waals surface area contributed by atoms with Gasteiger partial charge in [-0.2, -0.15) is 13.2 Å². The van der Waals surface area contributed by atoms with Gasteiger partial charge in [0.05, 0.1) is 18.1 Å². The predicted molar refractivity (Wildman–Crippen MR) is 69.9 cm³/mol. The second-order valence-electron chi connectivity index (χ2n) is 4.65. The Hall–Kier alpha value is -1.83. The van der Waals surface area contributed by atoms with Gasteiger partial charge >= 0.3 is 6.18 Å². The molecule has 0 saturated heterocycles. The van der Waals surface area contributed by atoms with Gasteiger partial charge in [0, 0.05) is 25.0 Å². The molecule has 0 N–H and O–H groups in total. The summed E-state index contributed by atoms with van der Waals surface area (Å²) in [5, 5.41) is 6.91. The van der Waals surface area contributed by atoms with Gasteiger partial charge in [0.15, 0.2) is 5.82 Å². The van der Waals surface area contributed by atoms with E-state index in [2.05, 4.69) is 15.2 Å². The fraction of sp³-hybridized carbons (Fsp3) is 0.417. The molecule has 1 aliphatic rings. The molecule has 0 atom stereocenters. The van der Waals surface area contributed by atoms with Crippen molar-refractivity contribution < 1.29 is 13.2 Å². The highest BCUT2D eigenvalue weighted by Crippen LogP contribution is 2.30. The number of hydrogen-bond donors (Lipinski definition) is 0. The Morgan fingerprint density at radius 2 is 2.05 bits per heavy atom. The summed E-state index contributed by atoms with van der Waals surface area (Å²) in [6.45, 7) is 0.907. The van der Waals surface area contributed by atoms with Crippen LogP contribution in [-0.2, 0) is 25.1 Å². The zero-order valence-electron chi connectivity index (χ0n) is 10.8. The quantitative estimate of drug-likeness (QED) is 0.798. The summed E-state index contributed by atoms with van der Waals surface area (Å²) >= 11 is 5.74. The number of nitrogens with zero attached hydrogens (tertiary/aromatic N) is 5. The average molecular weight is 318 g/mol. The molecule has 0 saturated carbocycles. The van der Waals surface area contributed by atoms with Crippen LogP contribution in [0.2, 0.25) is 0 Å². The van der Waals surface area contributed by atoms with Crippen LogP contribution in [0.3, 0.4) is 0 Å². The maximum atomic E-state index is 12.8. The van der Waals surface area contributed by atoms with E-state index in [-0.39, 0.29) is 19.0 Å². The molecule has 21 heavy (non-hydrogen) atoms. The molecular weight excluding hydrogens is 307 g/mol. The van der Waals surface area contributed by atoms with Crippen LogP contribution in [0, 0.1) is 0 Å². The van der Waals surface area contributed by atoms with Gasteiger partial charge in [0.1, 0.15) is 0 Å². The maximum absolute atomic E-state index is 12.8. The second kappa shape index (κ2) is 5.18. The first kappa shape index (κ1) is 14.1. The van der Waals surface area contributed by atoms with Gasteiger partial charge in [-0.15, -0.1) is 21.8 Å². The molecule has 0 aromatic carbocycles. The van der Waals surface area contributed by atoms with E-state index in [1.807, 2.05) is 11.0 Å². The van der Waals surface area contributed by atoms with Crippen LogP contribution in [-0.4, -0.2) is 26.3 Å². The van der Waals surface area contributed by atoms with Gasteiger partial charge in [0.2, 0.25) is 5.82 Å². The number of rotatable bonds is 2. The van der Waals surface area contributed by atoms with Gasteiger partial charge in [-0.3, -0.25) is 4.98 Å². The van der Waals surface area contributed by atoms with Crippen molar-refractivity contribution in [3.8, 4) is 0 Å². The highest BCUT2D eigenvalue weighted by Gasteiger charge is 2.39. The smallest absolute Gasteiger partial charge is 0.362 e. The van der Waals surface area contributed by atoms with Gasteiger partial charge in [-0.05, 0) is 12.1 Å². The Bertz CT molecular complexity index is 655. The van der Waals surface area contributed by atoms with Gasteiger partial charge < -0.3 is 9.47 Å². The van der Waals surface area contributed by atoms with Crippen molar-refractivity contribution in [3.05, 3.63) is 35.7 Å². The lowest BCUT2D eigenvalue weighted by Gasteiger charge is -2.29. The number of anilines is 1. The lowest BCUT2D eigenvalue weighted by molar-refractivity contribution is -0.147.